The molecule has 0 aliphatic rings. The minimum absolute atomic E-state index is 0.116. The Labute approximate surface area is 156 Å². The first kappa shape index (κ1) is 19.4. The molecule has 0 radical (unpaired) electrons. The fourth-order valence-electron chi connectivity index (χ4n) is 2.50. The SMILES string of the molecule is CC(=O)Nc1cc(C)c(S(=O)(=O)Nc2cc(Cl)c(N)c(Cl)c2)c(C)c1. The van der Waals surface area contributed by atoms with Crippen LogP contribution in [0.3, 0.4) is 0 Å². The average molecular weight is 402 g/mol. The monoisotopic (exact) mass is 401 g/mol. The molecule has 9 heteroatoms. The molecule has 0 unspecified atom stereocenters. The first-order valence-corrected chi connectivity index (χ1v) is 9.41. The van der Waals surface area contributed by atoms with E-state index in [1.165, 1.54) is 19.1 Å². The van der Waals surface area contributed by atoms with Crippen LogP contribution in [-0.2, 0) is 14.8 Å². The van der Waals surface area contributed by atoms with Crippen molar-refractivity contribution in [1.29, 1.82) is 0 Å². The van der Waals surface area contributed by atoms with Gasteiger partial charge in [-0.25, -0.2) is 8.42 Å². The smallest absolute Gasteiger partial charge is 0.262 e. The molecule has 0 aliphatic heterocycles. The second-order valence-electron chi connectivity index (χ2n) is 5.58. The van der Waals surface area contributed by atoms with Crippen molar-refractivity contribution in [2.24, 2.45) is 0 Å². The fraction of sp³-hybridized carbons (Fsp3) is 0.188. The normalized spacial score (nSPS) is 11.2. The van der Waals surface area contributed by atoms with E-state index >= 15 is 0 Å². The van der Waals surface area contributed by atoms with Crippen LogP contribution in [0.4, 0.5) is 17.1 Å². The zero-order valence-electron chi connectivity index (χ0n) is 13.8. The van der Waals surface area contributed by atoms with Crippen molar-refractivity contribution in [3.05, 3.63) is 45.4 Å². The molecule has 0 atom stereocenters. The Balaban J connectivity index is 2.45. The summed E-state index contributed by atoms with van der Waals surface area (Å²) in [7, 11) is -3.89. The van der Waals surface area contributed by atoms with E-state index in [-0.39, 0.29) is 32.2 Å². The molecule has 0 heterocycles. The van der Waals surface area contributed by atoms with Crippen LogP contribution in [0.2, 0.25) is 10.0 Å². The van der Waals surface area contributed by atoms with E-state index < -0.39 is 10.0 Å². The number of aryl methyl sites for hydroxylation is 2. The maximum Gasteiger partial charge on any atom is 0.262 e. The van der Waals surface area contributed by atoms with Crippen molar-refractivity contribution in [3.8, 4) is 0 Å². The number of hydrogen-bond donors (Lipinski definition) is 3. The fourth-order valence-corrected chi connectivity index (χ4v) is 4.48. The summed E-state index contributed by atoms with van der Waals surface area (Å²) in [6.07, 6.45) is 0. The van der Waals surface area contributed by atoms with Crippen LogP contribution >= 0.6 is 23.2 Å². The molecule has 0 saturated heterocycles. The highest BCUT2D eigenvalue weighted by molar-refractivity contribution is 7.92. The van der Waals surface area contributed by atoms with Crippen LogP contribution in [0.25, 0.3) is 0 Å². The summed E-state index contributed by atoms with van der Waals surface area (Å²) >= 11 is 11.9. The van der Waals surface area contributed by atoms with Gasteiger partial charge in [0.2, 0.25) is 5.91 Å². The molecule has 0 bridgehead atoms. The van der Waals surface area contributed by atoms with Crippen LogP contribution in [0.5, 0.6) is 0 Å². The number of carbonyl (C=O) groups is 1. The van der Waals surface area contributed by atoms with Crippen LogP contribution < -0.4 is 15.8 Å². The van der Waals surface area contributed by atoms with E-state index in [9.17, 15) is 13.2 Å². The molecule has 25 heavy (non-hydrogen) atoms. The molecular formula is C16H17Cl2N3O3S. The van der Waals surface area contributed by atoms with Gasteiger partial charge in [0.15, 0.2) is 0 Å². The van der Waals surface area contributed by atoms with Crippen LogP contribution in [-0.4, -0.2) is 14.3 Å². The number of amides is 1. The van der Waals surface area contributed by atoms with Gasteiger partial charge < -0.3 is 11.1 Å². The van der Waals surface area contributed by atoms with Crippen molar-refractivity contribution >= 4 is 56.2 Å². The van der Waals surface area contributed by atoms with Gasteiger partial charge in [0.05, 0.1) is 26.3 Å². The molecule has 0 saturated carbocycles. The molecular weight excluding hydrogens is 385 g/mol. The first-order chi connectivity index (χ1) is 11.5. The van der Waals surface area contributed by atoms with Crippen molar-refractivity contribution in [1.82, 2.24) is 0 Å². The molecule has 2 rings (SSSR count). The third-order valence-electron chi connectivity index (χ3n) is 3.38. The number of halogens is 2. The third-order valence-corrected chi connectivity index (χ3v) is 5.69. The summed E-state index contributed by atoms with van der Waals surface area (Å²) < 4.78 is 28.0. The quantitative estimate of drug-likeness (QED) is 0.674. The highest BCUT2D eigenvalue weighted by Gasteiger charge is 2.21. The summed E-state index contributed by atoms with van der Waals surface area (Å²) in [5, 5.41) is 2.94. The van der Waals surface area contributed by atoms with E-state index in [4.69, 9.17) is 28.9 Å². The van der Waals surface area contributed by atoms with E-state index in [2.05, 4.69) is 10.0 Å². The first-order valence-electron chi connectivity index (χ1n) is 7.17. The lowest BCUT2D eigenvalue weighted by Crippen LogP contribution is -2.16. The number of carbonyl (C=O) groups excluding carboxylic acids is 1. The second kappa shape index (κ2) is 7.11. The number of nitrogens with one attached hydrogen (secondary N) is 2. The lowest BCUT2D eigenvalue weighted by Gasteiger charge is -2.15. The minimum Gasteiger partial charge on any atom is -0.396 e. The van der Waals surface area contributed by atoms with Crippen LogP contribution in [0.1, 0.15) is 18.1 Å². The Kier molecular flexibility index (Phi) is 5.51. The van der Waals surface area contributed by atoms with Gasteiger partial charge in [-0.2, -0.15) is 0 Å². The van der Waals surface area contributed by atoms with E-state index in [1.807, 2.05) is 0 Å². The second-order valence-corrected chi connectivity index (χ2v) is 8.01. The summed E-state index contributed by atoms with van der Waals surface area (Å²) in [5.74, 6) is -0.237. The lowest BCUT2D eigenvalue weighted by atomic mass is 10.1. The Morgan fingerprint density at radius 2 is 1.48 bits per heavy atom. The Morgan fingerprint density at radius 1 is 1.00 bits per heavy atom. The molecule has 0 fully saturated rings. The molecule has 1 amide bonds. The molecule has 2 aromatic carbocycles. The number of nitrogen functional groups attached to an aromatic ring is 1. The molecule has 4 N–H and O–H groups in total. The van der Waals surface area contributed by atoms with Gasteiger partial charge in [-0.1, -0.05) is 23.2 Å². The predicted octanol–water partition coefficient (Wildman–Crippen LogP) is 3.95. The highest BCUT2D eigenvalue weighted by Crippen LogP contribution is 2.33. The molecule has 134 valence electrons. The van der Waals surface area contributed by atoms with E-state index in [0.717, 1.165) is 0 Å². The summed E-state index contributed by atoms with van der Waals surface area (Å²) in [6, 6.07) is 5.95. The number of anilines is 3. The average Bonchev–Trinajstić information content (AvgIpc) is 2.42. The van der Waals surface area contributed by atoms with Crippen molar-refractivity contribution < 1.29 is 13.2 Å². The van der Waals surface area contributed by atoms with Crippen LogP contribution in [0, 0.1) is 13.8 Å². The minimum atomic E-state index is -3.89. The summed E-state index contributed by atoms with van der Waals surface area (Å²) in [5.41, 5.74) is 7.54. The van der Waals surface area contributed by atoms with Gasteiger partial charge >= 0.3 is 0 Å². The maximum atomic E-state index is 12.8. The molecule has 0 spiro atoms. The zero-order chi connectivity index (χ0) is 18.9. The summed E-state index contributed by atoms with van der Waals surface area (Å²) in [4.78, 5) is 11.3. The Bertz CT molecular complexity index is 913. The largest absolute Gasteiger partial charge is 0.396 e. The number of rotatable bonds is 4. The van der Waals surface area contributed by atoms with Gasteiger partial charge in [-0.05, 0) is 49.2 Å². The number of nitrogens with two attached hydrogens (primary N) is 1. The van der Waals surface area contributed by atoms with Gasteiger partial charge in [0.1, 0.15) is 0 Å². The number of benzene rings is 2. The van der Waals surface area contributed by atoms with Crippen molar-refractivity contribution in [3.63, 3.8) is 0 Å². The van der Waals surface area contributed by atoms with E-state index in [1.54, 1.807) is 26.0 Å². The van der Waals surface area contributed by atoms with Crippen molar-refractivity contribution in [2.75, 3.05) is 15.8 Å². The zero-order valence-corrected chi connectivity index (χ0v) is 16.1. The molecule has 2 aromatic rings. The molecule has 0 aliphatic carbocycles. The number of hydrogen-bond acceptors (Lipinski definition) is 4. The standard InChI is InChI=1S/C16H17Cl2N3O3S/c1-8-4-11(20-10(3)22)5-9(2)16(8)25(23,24)21-12-6-13(17)15(19)14(18)7-12/h4-7,21H,19H2,1-3H3,(H,20,22). The maximum absolute atomic E-state index is 12.8. The topological polar surface area (TPSA) is 101 Å². The lowest BCUT2D eigenvalue weighted by molar-refractivity contribution is -0.114. The Hall–Kier alpha value is -1.96. The van der Waals surface area contributed by atoms with Crippen molar-refractivity contribution in [2.45, 2.75) is 25.7 Å². The third kappa shape index (κ3) is 4.36. The van der Waals surface area contributed by atoms with Gasteiger partial charge in [0, 0.05) is 12.6 Å². The van der Waals surface area contributed by atoms with Crippen LogP contribution in [0.15, 0.2) is 29.2 Å². The highest BCUT2D eigenvalue weighted by atomic mass is 35.5. The predicted molar refractivity (Wildman–Crippen MR) is 102 cm³/mol. The Morgan fingerprint density at radius 3 is 1.92 bits per heavy atom. The van der Waals surface area contributed by atoms with E-state index in [0.29, 0.717) is 16.8 Å². The van der Waals surface area contributed by atoms with Gasteiger partial charge in [0.25, 0.3) is 10.0 Å². The van der Waals surface area contributed by atoms with Gasteiger partial charge in [-0.3, -0.25) is 9.52 Å². The van der Waals surface area contributed by atoms with Gasteiger partial charge in [-0.15, -0.1) is 0 Å². The number of sulfonamides is 1. The summed E-state index contributed by atoms with van der Waals surface area (Å²) in [6.45, 7) is 4.68. The molecule has 0 aromatic heterocycles. The molecule has 6 nitrogen and oxygen atoms in total.